The average Bonchev–Trinajstić information content (AvgIpc) is 3.43. The van der Waals surface area contributed by atoms with Crippen LogP contribution in [-0.4, -0.2) is 51.5 Å². The molecule has 1 aromatic rings. The molecule has 6 aliphatic carbocycles. The first-order valence-electron chi connectivity index (χ1n) is 22.2. The molecule has 11 atom stereocenters. The molecule has 1 heterocycles. The van der Waals surface area contributed by atoms with Crippen LogP contribution in [0.1, 0.15) is 150 Å². The van der Waals surface area contributed by atoms with E-state index >= 15 is 0 Å². The number of carbonyl (C=O) groups is 5. The number of hydrogen-bond acceptors (Lipinski definition) is 6. The van der Waals surface area contributed by atoms with Gasteiger partial charge >= 0.3 is 5.97 Å². The van der Waals surface area contributed by atoms with Gasteiger partial charge in [0.1, 0.15) is 5.78 Å². The van der Waals surface area contributed by atoms with Crippen LogP contribution in [0.3, 0.4) is 0 Å². The molecule has 9 heteroatoms. The van der Waals surface area contributed by atoms with Gasteiger partial charge < -0.3 is 15.7 Å². The molecule has 312 valence electrons. The van der Waals surface area contributed by atoms with E-state index in [1.54, 1.807) is 18.3 Å². The lowest BCUT2D eigenvalue weighted by Gasteiger charge is -2.69. The Morgan fingerprint density at radius 2 is 1.67 bits per heavy atom. The highest BCUT2D eigenvalue weighted by Crippen LogP contribution is 2.74. The van der Waals surface area contributed by atoms with E-state index in [0.29, 0.717) is 60.8 Å². The molecular weight excluding hydrogens is 715 g/mol. The first-order chi connectivity index (χ1) is 26.6. The number of carboxylic acids is 1. The number of aliphatic carboxylic acids is 1. The second-order valence-electron chi connectivity index (χ2n) is 21.8. The van der Waals surface area contributed by atoms with E-state index in [1.807, 2.05) is 20.8 Å². The summed E-state index contributed by atoms with van der Waals surface area (Å²) in [5.41, 5.74) is 1.93. The number of rotatable bonds is 11. The minimum Gasteiger partial charge on any atom is -0.481 e. The number of allylic oxidation sites excluding steroid dienone is 2. The average molecular weight is 784 g/mol. The fraction of sp³-hybridized carbons (Fsp3) is 0.750. The lowest BCUT2D eigenvalue weighted by Crippen LogP contribution is -2.62. The van der Waals surface area contributed by atoms with Crippen molar-refractivity contribution in [3.63, 3.8) is 0 Å². The SMILES string of the molecule is CC(C)C1=C2C3CCC4C(C)(CCC5C(C)(C)C(CC(=O)C6CC(C(=O)O)C6C)CCC54C)C3CCC2(CC(=O)NCC(C)(C)NC(=O)c2cccnc2)CC1=O. The number of nitrogens with one attached hydrogen (secondary N) is 2. The summed E-state index contributed by atoms with van der Waals surface area (Å²) >= 11 is 0. The van der Waals surface area contributed by atoms with Gasteiger partial charge in [0.2, 0.25) is 5.91 Å². The summed E-state index contributed by atoms with van der Waals surface area (Å²) in [6.07, 6.45) is 13.4. The quantitative estimate of drug-likeness (QED) is 0.204. The van der Waals surface area contributed by atoms with Crippen molar-refractivity contribution in [1.82, 2.24) is 15.6 Å². The number of carboxylic acid groups (broad SMARTS) is 1. The van der Waals surface area contributed by atoms with E-state index < -0.39 is 16.9 Å². The molecule has 57 heavy (non-hydrogen) atoms. The molecule has 5 saturated carbocycles. The summed E-state index contributed by atoms with van der Waals surface area (Å²) < 4.78 is 0. The molecule has 0 aliphatic heterocycles. The number of pyridine rings is 1. The predicted molar refractivity (Wildman–Crippen MR) is 220 cm³/mol. The van der Waals surface area contributed by atoms with Crippen LogP contribution in [0.4, 0.5) is 0 Å². The second kappa shape index (κ2) is 14.7. The molecule has 0 radical (unpaired) electrons. The van der Waals surface area contributed by atoms with Crippen LogP contribution in [0.15, 0.2) is 35.7 Å². The third kappa shape index (κ3) is 7.02. The van der Waals surface area contributed by atoms with E-state index in [-0.39, 0.29) is 69.8 Å². The third-order valence-electron chi connectivity index (χ3n) is 17.5. The molecule has 7 rings (SSSR count). The third-order valence-corrected chi connectivity index (χ3v) is 17.5. The number of fused-ring (bicyclic) bond motifs is 7. The number of Topliss-reactive ketones (excluding diaryl/α,β-unsaturated/α-hetero) is 2. The zero-order chi connectivity index (χ0) is 41.5. The number of aromatic nitrogens is 1. The van der Waals surface area contributed by atoms with Crippen LogP contribution in [0.5, 0.6) is 0 Å². The molecule has 6 aliphatic rings. The fourth-order valence-corrected chi connectivity index (χ4v) is 14.6. The van der Waals surface area contributed by atoms with Crippen molar-refractivity contribution in [3.05, 3.63) is 41.2 Å². The van der Waals surface area contributed by atoms with E-state index in [0.717, 1.165) is 56.9 Å². The van der Waals surface area contributed by atoms with Crippen LogP contribution < -0.4 is 10.6 Å². The van der Waals surface area contributed by atoms with Gasteiger partial charge in [0.25, 0.3) is 5.91 Å². The van der Waals surface area contributed by atoms with Gasteiger partial charge in [0.15, 0.2) is 5.78 Å². The maximum atomic E-state index is 14.0. The van der Waals surface area contributed by atoms with Crippen molar-refractivity contribution >= 4 is 29.4 Å². The zero-order valence-corrected chi connectivity index (χ0v) is 36.1. The van der Waals surface area contributed by atoms with Crippen LogP contribution >= 0.6 is 0 Å². The smallest absolute Gasteiger partial charge is 0.306 e. The standard InChI is InChI=1S/C48H69N3O6/c1-27(2)40-36(53)23-48(24-39(54)50-26-44(4,5)51-42(55)29-11-10-20-49-25-29)19-15-34-31(41(40)48)12-13-38-46(34,8)18-16-37-45(6,7)30(14-17-47(37,38)9)21-35(52)32-22-33(28(32)3)43(56)57/h10-11,20,25,27-28,30-34,37-38H,12-19,21-24,26H2,1-9H3,(H,50,54)(H,51,55)(H,56,57). The molecule has 0 bridgehead atoms. The fourth-order valence-electron chi connectivity index (χ4n) is 14.6. The van der Waals surface area contributed by atoms with Crippen molar-refractivity contribution in [2.45, 2.75) is 145 Å². The Kier molecular flexibility index (Phi) is 10.8. The Hall–Kier alpha value is -3.36. The normalized spacial score (nSPS) is 38.2. The lowest BCUT2D eigenvalue weighted by molar-refractivity contribution is -0.193. The van der Waals surface area contributed by atoms with E-state index in [1.165, 1.54) is 11.8 Å². The topological polar surface area (TPSA) is 143 Å². The summed E-state index contributed by atoms with van der Waals surface area (Å²) in [6.45, 7) is 20.3. The summed E-state index contributed by atoms with van der Waals surface area (Å²) in [6, 6.07) is 3.45. The lowest BCUT2D eigenvalue weighted by atomic mass is 9.35. The van der Waals surface area contributed by atoms with Crippen LogP contribution in [0.2, 0.25) is 0 Å². The van der Waals surface area contributed by atoms with Crippen molar-refractivity contribution in [1.29, 1.82) is 0 Å². The van der Waals surface area contributed by atoms with E-state index in [2.05, 4.69) is 57.2 Å². The molecular formula is C48H69N3O6. The molecule has 11 unspecified atom stereocenters. The maximum Gasteiger partial charge on any atom is 0.306 e. The van der Waals surface area contributed by atoms with Gasteiger partial charge in [-0.2, -0.15) is 0 Å². The van der Waals surface area contributed by atoms with Crippen molar-refractivity contribution in [3.8, 4) is 0 Å². The molecule has 0 saturated heterocycles. The zero-order valence-electron chi connectivity index (χ0n) is 36.1. The molecule has 9 nitrogen and oxygen atoms in total. The minimum absolute atomic E-state index is 0.0104. The highest BCUT2D eigenvalue weighted by molar-refractivity contribution is 6.01. The minimum atomic E-state index is -0.772. The van der Waals surface area contributed by atoms with Crippen molar-refractivity contribution in [2.24, 2.45) is 74.9 Å². The van der Waals surface area contributed by atoms with Gasteiger partial charge in [-0.05, 0) is 147 Å². The molecule has 3 N–H and O–H groups in total. The van der Waals surface area contributed by atoms with Gasteiger partial charge in [0.05, 0.1) is 17.0 Å². The van der Waals surface area contributed by atoms with Gasteiger partial charge in [-0.25, -0.2) is 0 Å². The summed E-state index contributed by atoms with van der Waals surface area (Å²) in [4.78, 5) is 70.1. The maximum absolute atomic E-state index is 14.0. The largest absolute Gasteiger partial charge is 0.481 e. The first kappa shape index (κ1) is 41.8. The van der Waals surface area contributed by atoms with Gasteiger partial charge in [0, 0.05) is 49.5 Å². The Balaban J connectivity index is 1.06. The van der Waals surface area contributed by atoms with Crippen LogP contribution in [-0.2, 0) is 19.2 Å². The molecule has 2 amide bonds. The summed E-state index contributed by atoms with van der Waals surface area (Å²) in [5.74, 6) is 1.11. The summed E-state index contributed by atoms with van der Waals surface area (Å²) in [5, 5.41) is 15.7. The van der Waals surface area contributed by atoms with Crippen molar-refractivity contribution < 1.29 is 29.1 Å². The monoisotopic (exact) mass is 784 g/mol. The number of carbonyl (C=O) groups excluding carboxylic acids is 4. The number of amides is 2. The Morgan fingerprint density at radius 1 is 0.947 bits per heavy atom. The van der Waals surface area contributed by atoms with Crippen LogP contribution in [0.25, 0.3) is 0 Å². The number of nitrogens with zero attached hydrogens (tertiary/aromatic N) is 1. The first-order valence-corrected chi connectivity index (χ1v) is 22.2. The molecule has 0 spiro atoms. The highest BCUT2D eigenvalue weighted by atomic mass is 16.4. The number of hydrogen-bond donors (Lipinski definition) is 3. The Bertz CT molecular complexity index is 1830. The Morgan fingerprint density at radius 3 is 2.32 bits per heavy atom. The molecule has 0 aromatic carbocycles. The molecule has 1 aromatic heterocycles. The predicted octanol–water partition coefficient (Wildman–Crippen LogP) is 8.62. The van der Waals surface area contributed by atoms with Gasteiger partial charge in [-0.1, -0.05) is 54.0 Å². The van der Waals surface area contributed by atoms with Crippen molar-refractivity contribution in [2.75, 3.05) is 6.54 Å². The number of ketones is 2. The highest BCUT2D eigenvalue weighted by Gasteiger charge is 2.66. The van der Waals surface area contributed by atoms with E-state index in [4.69, 9.17) is 0 Å². The molecule has 5 fully saturated rings. The van der Waals surface area contributed by atoms with E-state index in [9.17, 15) is 29.1 Å². The van der Waals surface area contributed by atoms with Gasteiger partial charge in [-0.3, -0.25) is 29.0 Å². The second-order valence-corrected chi connectivity index (χ2v) is 21.8. The summed E-state index contributed by atoms with van der Waals surface area (Å²) in [7, 11) is 0. The van der Waals surface area contributed by atoms with Gasteiger partial charge in [-0.15, -0.1) is 0 Å². The van der Waals surface area contributed by atoms with Crippen LogP contribution in [0, 0.1) is 74.9 Å². The Labute approximate surface area is 340 Å².